The lowest BCUT2D eigenvalue weighted by molar-refractivity contribution is -0.126. The van der Waals surface area contributed by atoms with Gasteiger partial charge in [0.1, 0.15) is 0 Å². The van der Waals surface area contributed by atoms with Crippen LogP contribution in [-0.2, 0) is 4.79 Å². The Balaban J connectivity index is 2.23. The van der Waals surface area contributed by atoms with E-state index in [2.05, 4.69) is 24.4 Å². The minimum absolute atomic E-state index is 0.106. The highest BCUT2D eigenvalue weighted by molar-refractivity contribution is 5.96. The van der Waals surface area contributed by atoms with E-state index < -0.39 is 0 Å². The first kappa shape index (κ1) is 15.0. The SMILES string of the molecule is Cc1cc(C)c(NC(=O)C2(CN)CCCCC2)c(C)c1. The van der Waals surface area contributed by atoms with Gasteiger partial charge in [-0.2, -0.15) is 0 Å². The third kappa shape index (κ3) is 2.88. The second kappa shape index (κ2) is 5.96. The Hall–Kier alpha value is -1.35. The van der Waals surface area contributed by atoms with E-state index in [1.807, 2.05) is 13.8 Å². The Morgan fingerprint density at radius 2 is 1.70 bits per heavy atom. The summed E-state index contributed by atoms with van der Waals surface area (Å²) in [6, 6.07) is 4.22. The fourth-order valence-corrected chi connectivity index (χ4v) is 3.38. The summed E-state index contributed by atoms with van der Waals surface area (Å²) >= 11 is 0. The van der Waals surface area contributed by atoms with Crippen molar-refractivity contribution < 1.29 is 4.79 Å². The van der Waals surface area contributed by atoms with Crippen molar-refractivity contribution in [2.45, 2.75) is 52.9 Å². The molecule has 0 radical (unpaired) electrons. The first-order chi connectivity index (χ1) is 9.48. The Morgan fingerprint density at radius 3 is 2.20 bits per heavy atom. The number of carbonyl (C=O) groups excluding carboxylic acids is 1. The van der Waals surface area contributed by atoms with Gasteiger partial charge in [-0.3, -0.25) is 4.79 Å². The monoisotopic (exact) mass is 274 g/mol. The number of amides is 1. The molecule has 1 saturated carbocycles. The zero-order valence-electron chi connectivity index (χ0n) is 12.9. The predicted molar refractivity (Wildman–Crippen MR) is 83.9 cm³/mol. The van der Waals surface area contributed by atoms with E-state index in [1.54, 1.807) is 0 Å². The van der Waals surface area contributed by atoms with Gasteiger partial charge in [0, 0.05) is 12.2 Å². The number of hydrogen-bond acceptors (Lipinski definition) is 2. The largest absolute Gasteiger partial charge is 0.329 e. The van der Waals surface area contributed by atoms with E-state index in [-0.39, 0.29) is 11.3 Å². The molecular weight excluding hydrogens is 248 g/mol. The summed E-state index contributed by atoms with van der Waals surface area (Å²) < 4.78 is 0. The van der Waals surface area contributed by atoms with E-state index in [0.717, 1.165) is 42.5 Å². The molecule has 3 nitrogen and oxygen atoms in total. The second-order valence-corrected chi connectivity index (χ2v) is 6.27. The van der Waals surface area contributed by atoms with Crippen molar-refractivity contribution in [2.24, 2.45) is 11.1 Å². The molecule has 3 N–H and O–H groups in total. The Bertz CT molecular complexity index is 479. The molecule has 0 unspecified atom stereocenters. The lowest BCUT2D eigenvalue weighted by Crippen LogP contribution is -2.44. The van der Waals surface area contributed by atoms with Crippen LogP contribution in [0.15, 0.2) is 12.1 Å². The maximum Gasteiger partial charge on any atom is 0.231 e. The number of hydrogen-bond donors (Lipinski definition) is 2. The molecule has 1 aromatic rings. The maximum absolute atomic E-state index is 12.7. The van der Waals surface area contributed by atoms with Crippen molar-refractivity contribution >= 4 is 11.6 Å². The van der Waals surface area contributed by atoms with Gasteiger partial charge in [-0.15, -0.1) is 0 Å². The van der Waals surface area contributed by atoms with Gasteiger partial charge in [0.15, 0.2) is 0 Å². The standard InChI is InChI=1S/C17H26N2O/c1-12-9-13(2)15(14(3)10-12)19-16(20)17(11-18)7-5-4-6-8-17/h9-10H,4-8,11,18H2,1-3H3,(H,19,20). The minimum atomic E-state index is -0.359. The van der Waals surface area contributed by atoms with Crippen molar-refractivity contribution in [3.8, 4) is 0 Å². The van der Waals surface area contributed by atoms with Crippen molar-refractivity contribution in [1.29, 1.82) is 0 Å². The molecule has 20 heavy (non-hydrogen) atoms. The van der Waals surface area contributed by atoms with Crippen LogP contribution in [-0.4, -0.2) is 12.5 Å². The molecule has 0 bridgehead atoms. The predicted octanol–water partition coefficient (Wildman–Crippen LogP) is 3.46. The Morgan fingerprint density at radius 1 is 1.15 bits per heavy atom. The summed E-state index contributed by atoms with van der Waals surface area (Å²) in [5.41, 5.74) is 10.0. The number of nitrogens with two attached hydrogens (primary N) is 1. The van der Waals surface area contributed by atoms with Gasteiger partial charge in [-0.05, 0) is 44.7 Å². The molecule has 1 aliphatic carbocycles. The van der Waals surface area contributed by atoms with Crippen molar-refractivity contribution in [1.82, 2.24) is 0 Å². The van der Waals surface area contributed by atoms with Gasteiger partial charge in [0.05, 0.1) is 5.41 Å². The van der Waals surface area contributed by atoms with E-state index in [1.165, 1.54) is 12.0 Å². The highest BCUT2D eigenvalue weighted by atomic mass is 16.2. The second-order valence-electron chi connectivity index (χ2n) is 6.27. The molecule has 0 spiro atoms. The fourth-order valence-electron chi connectivity index (χ4n) is 3.38. The fraction of sp³-hybridized carbons (Fsp3) is 0.588. The summed E-state index contributed by atoms with van der Waals surface area (Å²) in [5, 5.41) is 3.15. The Labute approximate surface area is 121 Å². The molecule has 1 aliphatic rings. The number of nitrogens with one attached hydrogen (secondary N) is 1. The quantitative estimate of drug-likeness (QED) is 0.887. The summed E-state index contributed by atoms with van der Waals surface area (Å²) in [6.45, 7) is 6.62. The summed E-state index contributed by atoms with van der Waals surface area (Å²) in [5.74, 6) is 0.106. The number of carbonyl (C=O) groups is 1. The van der Waals surface area contributed by atoms with E-state index in [0.29, 0.717) is 6.54 Å². The number of anilines is 1. The van der Waals surface area contributed by atoms with E-state index >= 15 is 0 Å². The lowest BCUT2D eigenvalue weighted by atomic mass is 9.73. The number of rotatable bonds is 3. The average Bonchev–Trinajstić information content (AvgIpc) is 2.43. The molecule has 110 valence electrons. The van der Waals surface area contributed by atoms with Gasteiger partial charge in [-0.1, -0.05) is 37.0 Å². The van der Waals surface area contributed by atoms with E-state index in [4.69, 9.17) is 5.73 Å². The molecule has 1 fully saturated rings. The molecule has 1 amide bonds. The van der Waals surface area contributed by atoms with Crippen molar-refractivity contribution in [3.05, 3.63) is 28.8 Å². The zero-order chi connectivity index (χ0) is 14.8. The molecule has 3 heteroatoms. The first-order valence-corrected chi connectivity index (χ1v) is 7.58. The summed E-state index contributed by atoms with van der Waals surface area (Å²) in [7, 11) is 0. The van der Waals surface area contributed by atoms with Gasteiger partial charge in [-0.25, -0.2) is 0 Å². The van der Waals surface area contributed by atoms with Crippen molar-refractivity contribution in [2.75, 3.05) is 11.9 Å². The number of aryl methyl sites for hydroxylation is 3. The molecule has 0 aliphatic heterocycles. The Kier molecular flexibility index (Phi) is 4.48. The minimum Gasteiger partial charge on any atom is -0.329 e. The maximum atomic E-state index is 12.7. The van der Waals surface area contributed by atoms with Crippen LogP contribution in [0.1, 0.15) is 48.8 Å². The van der Waals surface area contributed by atoms with Crippen LogP contribution in [0.3, 0.4) is 0 Å². The van der Waals surface area contributed by atoms with Crippen molar-refractivity contribution in [3.63, 3.8) is 0 Å². The smallest absolute Gasteiger partial charge is 0.231 e. The zero-order valence-corrected chi connectivity index (χ0v) is 12.9. The van der Waals surface area contributed by atoms with Crippen LogP contribution >= 0.6 is 0 Å². The normalized spacial score (nSPS) is 17.8. The molecule has 1 aromatic carbocycles. The molecular formula is C17H26N2O. The average molecular weight is 274 g/mol. The molecule has 0 aromatic heterocycles. The van der Waals surface area contributed by atoms with Gasteiger partial charge >= 0.3 is 0 Å². The van der Waals surface area contributed by atoms with Crippen LogP contribution in [0, 0.1) is 26.2 Å². The summed E-state index contributed by atoms with van der Waals surface area (Å²) in [4.78, 5) is 12.7. The molecule has 2 rings (SSSR count). The van der Waals surface area contributed by atoms with Gasteiger partial charge in [0.25, 0.3) is 0 Å². The van der Waals surface area contributed by atoms with Crippen LogP contribution in [0.4, 0.5) is 5.69 Å². The van der Waals surface area contributed by atoms with Crippen LogP contribution in [0.25, 0.3) is 0 Å². The molecule has 0 heterocycles. The van der Waals surface area contributed by atoms with Crippen LogP contribution < -0.4 is 11.1 Å². The third-order valence-corrected chi connectivity index (χ3v) is 4.60. The van der Waals surface area contributed by atoms with E-state index in [9.17, 15) is 4.79 Å². The summed E-state index contributed by atoms with van der Waals surface area (Å²) in [6.07, 6.45) is 5.27. The first-order valence-electron chi connectivity index (χ1n) is 7.58. The highest BCUT2D eigenvalue weighted by Crippen LogP contribution is 2.37. The third-order valence-electron chi connectivity index (χ3n) is 4.60. The lowest BCUT2D eigenvalue weighted by Gasteiger charge is -2.35. The van der Waals surface area contributed by atoms with Gasteiger partial charge < -0.3 is 11.1 Å². The highest BCUT2D eigenvalue weighted by Gasteiger charge is 2.38. The van der Waals surface area contributed by atoms with Crippen LogP contribution in [0.2, 0.25) is 0 Å². The van der Waals surface area contributed by atoms with Crippen LogP contribution in [0.5, 0.6) is 0 Å². The van der Waals surface area contributed by atoms with Gasteiger partial charge in [0.2, 0.25) is 5.91 Å². The molecule has 0 atom stereocenters. The molecule has 0 saturated heterocycles. The number of benzene rings is 1. The topological polar surface area (TPSA) is 55.1 Å².